The van der Waals surface area contributed by atoms with E-state index in [9.17, 15) is 9.59 Å². The van der Waals surface area contributed by atoms with Gasteiger partial charge >= 0.3 is 0 Å². The van der Waals surface area contributed by atoms with Gasteiger partial charge in [-0.1, -0.05) is 42.5 Å². The van der Waals surface area contributed by atoms with Crippen LogP contribution in [0.2, 0.25) is 0 Å². The number of nitrogens with one attached hydrogen (secondary N) is 2. The first-order chi connectivity index (χ1) is 14.1. The molecule has 0 saturated heterocycles. The number of hydrogen-bond acceptors (Lipinski definition) is 4. The van der Waals surface area contributed by atoms with Crippen LogP contribution in [-0.4, -0.2) is 18.9 Å². The van der Waals surface area contributed by atoms with Crippen LogP contribution in [0.3, 0.4) is 0 Å². The van der Waals surface area contributed by atoms with Crippen molar-refractivity contribution in [1.29, 1.82) is 0 Å². The fourth-order valence-corrected chi connectivity index (χ4v) is 2.67. The minimum atomic E-state index is -0.421. The molecule has 2 amide bonds. The van der Waals surface area contributed by atoms with Gasteiger partial charge in [0.2, 0.25) is 11.8 Å². The van der Waals surface area contributed by atoms with E-state index in [1.165, 1.54) is 7.11 Å². The Bertz CT molecular complexity index is 956. The number of hydrogen-bond donors (Lipinski definition) is 2. The van der Waals surface area contributed by atoms with E-state index in [-0.39, 0.29) is 6.42 Å². The van der Waals surface area contributed by atoms with E-state index in [4.69, 9.17) is 9.47 Å². The van der Waals surface area contributed by atoms with Crippen LogP contribution in [0.1, 0.15) is 12.0 Å². The quantitative estimate of drug-likeness (QED) is 0.564. The van der Waals surface area contributed by atoms with E-state index >= 15 is 0 Å². The van der Waals surface area contributed by atoms with Crippen LogP contribution >= 0.6 is 0 Å². The molecular formula is C23H22N2O4. The molecule has 0 aliphatic rings. The van der Waals surface area contributed by atoms with Gasteiger partial charge < -0.3 is 20.1 Å². The molecule has 0 atom stereocenters. The highest BCUT2D eigenvalue weighted by Gasteiger charge is 2.12. The second-order valence-electron chi connectivity index (χ2n) is 6.27. The maximum absolute atomic E-state index is 12.1. The number of para-hydroxylation sites is 2. The van der Waals surface area contributed by atoms with Gasteiger partial charge in [0.05, 0.1) is 12.8 Å². The summed E-state index contributed by atoms with van der Waals surface area (Å²) in [4.78, 5) is 24.2. The first kappa shape index (κ1) is 19.9. The van der Waals surface area contributed by atoms with Gasteiger partial charge in [0.25, 0.3) is 0 Å². The van der Waals surface area contributed by atoms with Gasteiger partial charge in [-0.05, 0) is 42.0 Å². The summed E-state index contributed by atoms with van der Waals surface area (Å²) in [6, 6.07) is 23.9. The summed E-state index contributed by atoms with van der Waals surface area (Å²) in [7, 11) is 1.52. The minimum Gasteiger partial charge on any atom is -0.495 e. The van der Waals surface area contributed by atoms with E-state index in [0.29, 0.717) is 29.5 Å². The standard InChI is InChI=1S/C23H22N2O4/c1-28-21-10-6-5-9-20(21)25-23(27)15-22(26)24-18-11-13-19(14-12-18)29-16-17-7-3-2-4-8-17/h2-14H,15-16H2,1H3,(H,24,26)(H,25,27). The number of benzene rings is 3. The monoisotopic (exact) mass is 390 g/mol. The molecule has 0 unspecified atom stereocenters. The van der Waals surface area contributed by atoms with Crippen molar-refractivity contribution in [2.24, 2.45) is 0 Å². The van der Waals surface area contributed by atoms with Gasteiger partial charge in [-0.25, -0.2) is 0 Å². The van der Waals surface area contributed by atoms with E-state index in [0.717, 1.165) is 5.56 Å². The molecule has 0 saturated carbocycles. The third kappa shape index (κ3) is 6.10. The highest BCUT2D eigenvalue weighted by Crippen LogP contribution is 2.23. The average molecular weight is 390 g/mol. The van der Waals surface area contributed by atoms with Gasteiger partial charge in [0, 0.05) is 5.69 Å². The van der Waals surface area contributed by atoms with Crippen molar-refractivity contribution in [2.45, 2.75) is 13.0 Å². The molecule has 6 nitrogen and oxygen atoms in total. The maximum atomic E-state index is 12.1. The summed E-state index contributed by atoms with van der Waals surface area (Å²) >= 11 is 0. The predicted octanol–water partition coefficient (Wildman–Crippen LogP) is 4.24. The largest absolute Gasteiger partial charge is 0.495 e. The Hall–Kier alpha value is -3.80. The Kier molecular flexibility index (Phi) is 6.84. The summed E-state index contributed by atoms with van der Waals surface area (Å²) in [5, 5.41) is 5.38. The lowest BCUT2D eigenvalue weighted by atomic mass is 10.2. The number of carbonyl (C=O) groups is 2. The molecule has 0 heterocycles. The van der Waals surface area contributed by atoms with Crippen LogP contribution in [0.5, 0.6) is 11.5 Å². The zero-order valence-electron chi connectivity index (χ0n) is 16.1. The Labute approximate surface area is 169 Å². The average Bonchev–Trinajstić information content (AvgIpc) is 2.74. The zero-order chi connectivity index (χ0) is 20.5. The molecule has 0 aromatic heterocycles. The number of ether oxygens (including phenoxy) is 2. The van der Waals surface area contributed by atoms with E-state index in [1.54, 1.807) is 48.5 Å². The molecule has 0 aliphatic carbocycles. The van der Waals surface area contributed by atoms with Gasteiger partial charge in [-0.2, -0.15) is 0 Å². The third-order valence-corrected chi connectivity index (χ3v) is 4.09. The molecule has 0 spiro atoms. The molecule has 3 aromatic rings. The molecule has 29 heavy (non-hydrogen) atoms. The topological polar surface area (TPSA) is 76.7 Å². The van der Waals surface area contributed by atoms with Crippen molar-refractivity contribution in [1.82, 2.24) is 0 Å². The SMILES string of the molecule is COc1ccccc1NC(=O)CC(=O)Nc1ccc(OCc2ccccc2)cc1. The molecule has 0 fully saturated rings. The Morgan fingerprint density at radius 1 is 0.793 bits per heavy atom. The Morgan fingerprint density at radius 3 is 2.17 bits per heavy atom. The maximum Gasteiger partial charge on any atom is 0.233 e. The summed E-state index contributed by atoms with van der Waals surface area (Å²) in [5.74, 6) is 0.401. The van der Waals surface area contributed by atoms with Crippen molar-refractivity contribution >= 4 is 23.2 Å². The van der Waals surface area contributed by atoms with Crippen LogP contribution in [0.15, 0.2) is 78.9 Å². The van der Waals surface area contributed by atoms with Gasteiger partial charge in [-0.3, -0.25) is 9.59 Å². The number of amides is 2. The van der Waals surface area contributed by atoms with Crippen LogP contribution in [0.25, 0.3) is 0 Å². The summed E-state index contributed by atoms with van der Waals surface area (Å²) in [5.41, 5.74) is 2.19. The molecule has 148 valence electrons. The number of carbonyl (C=O) groups excluding carboxylic acids is 2. The normalized spacial score (nSPS) is 10.1. The predicted molar refractivity (Wildman–Crippen MR) is 112 cm³/mol. The zero-order valence-corrected chi connectivity index (χ0v) is 16.1. The molecule has 6 heteroatoms. The van der Waals surface area contributed by atoms with Gasteiger partial charge in [0.1, 0.15) is 24.5 Å². The van der Waals surface area contributed by atoms with Crippen LogP contribution in [-0.2, 0) is 16.2 Å². The first-order valence-corrected chi connectivity index (χ1v) is 9.13. The molecule has 3 aromatic carbocycles. The first-order valence-electron chi connectivity index (χ1n) is 9.13. The molecule has 2 N–H and O–H groups in total. The number of methoxy groups -OCH3 is 1. The van der Waals surface area contributed by atoms with Crippen molar-refractivity contribution in [2.75, 3.05) is 17.7 Å². The lowest BCUT2D eigenvalue weighted by molar-refractivity contribution is -0.123. The Morgan fingerprint density at radius 2 is 1.45 bits per heavy atom. The van der Waals surface area contributed by atoms with Gasteiger partial charge in [-0.15, -0.1) is 0 Å². The highest BCUT2D eigenvalue weighted by atomic mass is 16.5. The number of anilines is 2. The second kappa shape index (κ2) is 9.94. The summed E-state index contributed by atoms with van der Waals surface area (Å²) < 4.78 is 10.9. The van der Waals surface area contributed by atoms with Crippen LogP contribution < -0.4 is 20.1 Å². The fraction of sp³-hybridized carbons (Fsp3) is 0.130. The molecule has 0 radical (unpaired) electrons. The van der Waals surface area contributed by atoms with E-state index in [2.05, 4.69) is 10.6 Å². The molecule has 0 aliphatic heterocycles. The smallest absolute Gasteiger partial charge is 0.233 e. The fourth-order valence-electron chi connectivity index (χ4n) is 2.67. The number of rotatable bonds is 8. The molecular weight excluding hydrogens is 368 g/mol. The summed E-state index contributed by atoms with van der Waals surface area (Å²) in [6.45, 7) is 0.468. The lowest BCUT2D eigenvalue weighted by Crippen LogP contribution is -2.21. The van der Waals surface area contributed by atoms with Crippen molar-refractivity contribution < 1.29 is 19.1 Å². The Balaban J connectivity index is 1.48. The van der Waals surface area contributed by atoms with Crippen molar-refractivity contribution in [3.8, 4) is 11.5 Å². The van der Waals surface area contributed by atoms with Crippen molar-refractivity contribution in [3.05, 3.63) is 84.4 Å². The van der Waals surface area contributed by atoms with Crippen LogP contribution in [0.4, 0.5) is 11.4 Å². The molecule has 3 rings (SSSR count). The van der Waals surface area contributed by atoms with Gasteiger partial charge in [0.15, 0.2) is 0 Å². The van der Waals surface area contributed by atoms with Crippen molar-refractivity contribution in [3.63, 3.8) is 0 Å². The highest BCUT2D eigenvalue weighted by molar-refractivity contribution is 6.08. The summed E-state index contributed by atoms with van der Waals surface area (Å²) in [6.07, 6.45) is -0.301. The van der Waals surface area contributed by atoms with E-state index < -0.39 is 11.8 Å². The second-order valence-corrected chi connectivity index (χ2v) is 6.27. The van der Waals surface area contributed by atoms with E-state index in [1.807, 2.05) is 30.3 Å². The molecule has 0 bridgehead atoms. The third-order valence-electron chi connectivity index (χ3n) is 4.09. The van der Waals surface area contributed by atoms with Crippen LogP contribution in [0, 0.1) is 0 Å². The lowest BCUT2D eigenvalue weighted by Gasteiger charge is -2.10. The minimum absolute atomic E-state index is 0.301.